The summed E-state index contributed by atoms with van der Waals surface area (Å²) in [4.78, 5) is 0. The Morgan fingerprint density at radius 1 is 0.306 bits per heavy atom. The number of aromatic nitrogens is 2. The normalized spacial score (nSPS) is 14.4. The van der Waals surface area contributed by atoms with Gasteiger partial charge in [-0.05, 0) is 245 Å². The van der Waals surface area contributed by atoms with Crippen molar-refractivity contribution in [1.82, 2.24) is 9.13 Å². The molecule has 0 amide bonds. The molecular weight excluding hydrogens is 1370 g/mol. The molecular formula is C103H140F2N2O4. The summed E-state index contributed by atoms with van der Waals surface area (Å²) in [5, 5.41) is 32.4. The highest BCUT2D eigenvalue weighted by atomic mass is 19.1. The van der Waals surface area contributed by atoms with Crippen molar-refractivity contribution in [2.45, 2.75) is 349 Å². The molecule has 0 fully saturated rings. The molecule has 0 spiro atoms. The number of halogens is 2. The molecule has 0 unspecified atom stereocenters. The largest absolute Gasteiger partial charge is 0.505 e. The molecule has 0 aliphatic heterocycles. The van der Waals surface area contributed by atoms with Crippen LogP contribution in [0.15, 0.2) is 97.1 Å². The van der Waals surface area contributed by atoms with Gasteiger partial charge in [-0.15, -0.1) is 0 Å². The molecule has 10 rings (SSSR count). The minimum absolute atomic E-state index is 0.0172. The van der Waals surface area contributed by atoms with Crippen LogP contribution in [0.1, 0.15) is 335 Å². The molecule has 0 saturated heterocycles. The number of aryl methyl sites for hydroxylation is 2. The lowest BCUT2D eigenvalue weighted by atomic mass is 9.71. The average molecular weight is 1510 g/mol. The van der Waals surface area contributed by atoms with Crippen LogP contribution in [-0.2, 0) is 54.1 Å². The maximum Gasteiger partial charge on any atom is 0.147 e. The molecule has 8 heteroatoms. The molecule has 2 aromatic heterocycles. The Morgan fingerprint density at radius 2 is 0.550 bits per heavy atom. The number of benzene rings is 8. The van der Waals surface area contributed by atoms with Gasteiger partial charge in [0.2, 0.25) is 0 Å². The van der Waals surface area contributed by atoms with E-state index in [1.165, 1.54) is 90.3 Å². The molecule has 6 nitrogen and oxygen atoms in total. The van der Waals surface area contributed by atoms with E-state index in [4.69, 9.17) is 9.47 Å². The molecule has 0 aliphatic carbocycles. The van der Waals surface area contributed by atoms with Crippen LogP contribution in [0.5, 0.6) is 23.0 Å². The minimum Gasteiger partial charge on any atom is -0.505 e. The van der Waals surface area contributed by atoms with Crippen LogP contribution in [0.3, 0.4) is 0 Å². The van der Waals surface area contributed by atoms with Crippen LogP contribution in [-0.4, -0.2) is 31.6 Å². The Labute approximate surface area is 669 Å². The van der Waals surface area contributed by atoms with Gasteiger partial charge in [-0.25, -0.2) is 8.78 Å². The van der Waals surface area contributed by atoms with Gasteiger partial charge in [-0.1, -0.05) is 260 Å². The van der Waals surface area contributed by atoms with Crippen molar-refractivity contribution in [3.63, 3.8) is 0 Å². The monoisotopic (exact) mass is 1510 g/mol. The summed E-state index contributed by atoms with van der Waals surface area (Å²) in [6, 6.07) is 33.8. The van der Waals surface area contributed by atoms with Crippen LogP contribution in [0.4, 0.5) is 8.78 Å². The van der Waals surface area contributed by atoms with E-state index < -0.39 is 34.7 Å². The van der Waals surface area contributed by atoms with Crippen LogP contribution in [0, 0.1) is 36.3 Å². The molecule has 2 heterocycles. The predicted octanol–water partition coefficient (Wildman–Crippen LogP) is 30.0. The van der Waals surface area contributed by atoms with Crippen LogP contribution >= 0.6 is 0 Å². The first-order chi connectivity index (χ1) is 50.1. The van der Waals surface area contributed by atoms with E-state index >= 15 is 8.78 Å². The Hall–Kier alpha value is -7.58. The van der Waals surface area contributed by atoms with Gasteiger partial charge in [0.25, 0.3) is 0 Å². The number of nitrogens with zero attached hydrogens (tertiary/aromatic N) is 2. The summed E-state index contributed by atoms with van der Waals surface area (Å²) < 4.78 is 53.0. The van der Waals surface area contributed by atoms with Gasteiger partial charge in [-0.3, -0.25) is 0 Å². The number of fused-ring (bicyclic) bond motifs is 6. The highest BCUT2D eigenvalue weighted by molar-refractivity contribution is 6.15. The number of phenolic OH excluding ortho intramolecular Hbond substituents is 2. The number of ether oxygens (including phenoxy) is 2. The van der Waals surface area contributed by atoms with Gasteiger partial charge in [0, 0.05) is 50.2 Å². The molecule has 8 aromatic carbocycles. The fourth-order valence-corrected chi connectivity index (χ4v) is 17.9. The first-order valence-electron chi connectivity index (χ1n) is 41.2. The van der Waals surface area contributed by atoms with E-state index in [1.54, 1.807) is 0 Å². The van der Waals surface area contributed by atoms with E-state index in [9.17, 15) is 10.2 Å². The molecule has 0 saturated carbocycles. The Balaban J connectivity index is 1.18. The summed E-state index contributed by atoms with van der Waals surface area (Å²) in [6.45, 7) is 85.5. The molecule has 10 aromatic rings. The predicted molar refractivity (Wildman–Crippen MR) is 474 cm³/mol. The van der Waals surface area contributed by atoms with Gasteiger partial charge < -0.3 is 28.8 Å². The molecule has 0 bridgehead atoms. The number of rotatable bonds is 14. The Morgan fingerprint density at radius 3 is 0.766 bits per heavy atom. The Bertz CT molecular complexity index is 4770. The summed E-state index contributed by atoms with van der Waals surface area (Å²) in [6.07, 6.45) is 0.877. The second kappa shape index (κ2) is 28.2. The maximum absolute atomic E-state index is 16.9. The zero-order valence-corrected chi connectivity index (χ0v) is 75.9. The van der Waals surface area contributed by atoms with Gasteiger partial charge >= 0.3 is 0 Å². The van der Waals surface area contributed by atoms with Crippen molar-refractivity contribution < 1.29 is 28.5 Å². The van der Waals surface area contributed by atoms with E-state index in [0.717, 1.165) is 46.0 Å². The third-order valence-corrected chi connectivity index (χ3v) is 23.2. The number of phenols is 2. The maximum atomic E-state index is 16.9. The zero-order valence-electron chi connectivity index (χ0n) is 75.9. The second-order valence-electron chi connectivity index (χ2n) is 45.7. The molecule has 2 atom stereocenters. The fourth-order valence-electron chi connectivity index (χ4n) is 17.9. The van der Waals surface area contributed by atoms with Crippen molar-refractivity contribution in [1.29, 1.82) is 0 Å². The molecule has 600 valence electrons. The van der Waals surface area contributed by atoms with Gasteiger partial charge in [0.1, 0.15) is 34.6 Å². The number of hydrogen-bond donors (Lipinski definition) is 2. The third kappa shape index (κ3) is 17.3. The summed E-state index contributed by atoms with van der Waals surface area (Å²) in [7, 11) is 0. The van der Waals surface area contributed by atoms with E-state index in [2.05, 4.69) is 317 Å². The van der Waals surface area contributed by atoms with Gasteiger partial charge in [0.05, 0.1) is 45.6 Å². The van der Waals surface area contributed by atoms with E-state index in [-0.39, 0.29) is 65.6 Å². The molecule has 0 aliphatic rings. The van der Waals surface area contributed by atoms with Crippen LogP contribution in [0.2, 0.25) is 0 Å². The van der Waals surface area contributed by atoms with Crippen molar-refractivity contribution in [3.05, 3.63) is 175 Å². The summed E-state index contributed by atoms with van der Waals surface area (Å²) in [5.74, 6) is 0.0322. The number of hydrogen-bond acceptors (Lipinski definition) is 4. The SMILES string of the molecule is Cc1cc(F)cc(-c2cc(C(C)(C)CC(C)(C)C)cc(-n3c4cc(C(C)(C)C)cc(C(C)(C)C)c4c4c(C(C)(C)C)cc(C(C)(C)C)cc43)c2O)c1O[C@H](C)C[C@@H](C)Oc1c(C)cc(F)cc1-c1cc(C(C)(C)CC(C)(C)C)cc(-n2c3cc(C(C)(C)C)cc(C(C)(C)C)c3c3c(C(C)(C)C)cc(C(C)(C)C)cc32)c1O. The summed E-state index contributed by atoms with van der Waals surface area (Å²) in [5.41, 5.74) is 16.9. The van der Waals surface area contributed by atoms with Gasteiger partial charge in [0.15, 0.2) is 0 Å². The quantitative estimate of drug-likeness (QED) is 0.114. The molecule has 0 radical (unpaired) electrons. The molecule has 111 heavy (non-hydrogen) atoms. The minimum atomic E-state index is -0.548. The third-order valence-electron chi connectivity index (χ3n) is 23.2. The first kappa shape index (κ1) is 85.8. The topological polar surface area (TPSA) is 68.8 Å². The Kier molecular flexibility index (Phi) is 21.8. The lowest BCUT2D eigenvalue weighted by Crippen LogP contribution is -2.25. The van der Waals surface area contributed by atoms with Crippen molar-refractivity contribution in [2.24, 2.45) is 10.8 Å². The van der Waals surface area contributed by atoms with Crippen molar-refractivity contribution in [2.75, 3.05) is 0 Å². The van der Waals surface area contributed by atoms with E-state index in [1.807, 2.05) is 27.7 Å². The first-order valence-corrected chi connectivity index (χ1v) is 41.2. The smallest absolute Gasteiger partial charge is 0.147 e. The summed E-state index contributed by atoms with van der Waals surface area (Å²) >= 11 is 0. The lowest BCUT2D eigenvalue weighted by Gasteiger charge is -2.34. The fraction of sp³-hybridized carbons (Fsp3) is 0.534. The van der Waals surface area contributed by atoms with Crippen LogP contribution in [0.25, 0.3) is 77.2 Å². The van der Waals surface area contributed by atoms with Crippen molar-refractivity contribution in [3.8, 4) is 56.6 Å². The second-order valence-corrected chi connectivity index (χ2v) is 45.7. The van der Waals surface area contributed by atoms with Crippen LogP contribution < -0.4 is 9.47 Å². The zero-order chi connectivity index (χ0) is 83.6. The standard InChI is InChI=1S/C103H140F2N2O4/c1-58-39-68(104)54-72(70-42-66(102(35,36)56-92(5,6)7)52-82(88(70)108)106-78-48-62(94(11,12)13)44-74(98(23,24)25)84(78)85-75(99(26,27)28)45-63(49-79(85)106)95(14,15)16)90(58)110-60(3)41-61(4)111-91-59(2)40-69(105)55-73(91)71-43-67(103(37,38)57-93(8,9)10)53-83(89(71)109)107-80-50-64(96(17,18)19)46-76(100(29,30)31)86(80)87-77(101(32,33)34)47-65(51-81(87)107)97(20,21)22/h39-40,42-55,60-61,108-109H,41,56-57H2,1-38H3/t60-,61-/m1/s1. The average Bonchev–Trinajstić information content (AvgIpc) is 1.55. The van der Waals surface area contributed by atoms with Crippen molar-refractivity contribution >= 4 is 43.6 Å². The highest BCUT2D eigenvalue weighted by Crippen LogP contribution is 2.55. The lowest BCUT2D eigenvalue weighted by molar-refractivity contribution is 0.130. The molecule has 2 N–H and O–H groups in total. The van der Waals surface area contributed by atoms with Gasteiger partial charge in [-0.2, -0.15) is 0 Å². The number of aromatic hydroxyl groups is 2. The highest BCUT2D eigenvalue weighted by Gasteiger charge is 2.39. The van der Waals surface area contributed by atoms with E-state index in [0.29, 0.717) is 62.7 Å².